The van der Waals surface area contributed by atoms with Gasteiger partial charge in [0, 0.05) is 20.6 Å². The summed E-state index contributed by atoms with van der Waals surface area (Å²) in [7, 11) is 0. The van der Waals surface area contributed by atoms with Crippen LogP contribution in [0.1, 0.15) is 11.6 Å². The van der Waals surface area contributed by atoms with Crippen molar-refractivity contribution in [3.05, 3.63) is 39.7 Å². The van der Waals surface area contributed by atoms with Crippen LogP contribution in [-0.4, -0.2) is 5.91 Å². The van der Waals surface area contributed by atoms with E-state index < -0.39 is 6.04 Å². The molecule has 2 aromatic rings. The SMILES string of the molecule is NC1C(=O)Nc2cc(Sc3cccs3)c(Br)cc21. The van der Waals surface area contributed by atoms with E-state index in [9.17, 15) is 4.79 Å². The maximum atomic E-state index is 11.5. The first kappa shape index (κ1) is 12.2. The molecule has 1 aliphatic heterocycles. The summed E-state index contributed by atoms with van der Waals surface area (Å²) in [4.78, 5) is 12.6. The number of benzene rings is 1. The van der Waals surface area contributed by atoms with E-state index in [4.69, 9.17) is 5.73 Å². The van der Waals surface area contributed by atoms with E-state index in [0.29, 0.717) is 0 Å². The fourth-order valence-electron chi connectivity index (χ4n) is 1.79. The smallest absolute Gasteiger partial charge is 0.245 e. The monoisotopic (exact) mass is 340 g/mol. The second-order valence-corrected chi connectivity index (χ2v) is 7.02. The summed E-state index contributed by atoms with van der Waals surface area (Å²) in [5, 5.41) is 4.84. The van der Waals surface area contributed by atoms with E-state index in [1.807, 2.05) is 23.6 Å². The van der Waals surface area contributed by atoms with Crippen molar-refractivity contribution in [2.75, 3.05) is 5.32 Å². The Bertz CT molecular complexity index is 613. The Kier molecular flexibility index (Phi) is 3.19. The van der Waals surface area contributed by atoms with Gasteiger partial charge in [0.2, 0.25) is 5.91 Å². The Balaban J connectivity index is 1.98. The molecule has 3 nitrogen and oxygen atoms in total. The van der Waals surface area contributed by atoms with Gasteiger partial charge in [-0.15, -0.1) is 11.3 Å². The van der Waals surface area contributed by atoms with E-state index in [1.54, 1.807) is 23.1 Å². The molecule has 0 saturated carbocycles. The Hall–Kier alpha value is -0.820. The minimum Gasteiger partial charge on any atom is -0.324 e. The molecule has 92 valence electrons. The summed E-state index contributed by atoms with van der Waals surface area (Å²) in [5.74, 6) is -0.143. The highest BCUT2D eigenvalue weighted by Crippen LogP contribution is 2.41. The van der Waals surface area contributed by atoms with Crippen molar-refractivity contribution in [2.24, 2.45) is 5.73 Å². The van der Waals surface area contributed by atoms with Gasteiger partial charge in [0.15, 0.2) is 0 Å². The lowest BCUT2D eigenvalue weighted by molar-refractivity contribution is -0.116. The van der Waals surface area contributed by atoms with E-state index in [-0.39, 0.29) is 5.91 Å². The molecular weight excluding hydrogens is 332 g/mol. The zero-order chi connectivity index (χ0) is 12.7. The Morgan fingerprint density at radius 2 is 2.28 bits per heavy atom. The third-order valence-electron chi connectivity index (χ3n) is 2.69. The number of hydrogen-bond acceptors (Lipinski definition) is 4. The van der Waals surface area contributed by atoms with E-state index in [2.05, 4.69) is 27.3 Å². The molecule has 1 amide bonds. The van der Waals surface area contributed by atoms with Crippen molar-refractivity contribution in [3.63, 3.8) is 0 Å². The Morgan fingerprint density at radius 3 is 3.00 bits per heavy atom. The minimum absolute atomic E-state index is 0.143. The second kappa shape index (κ2) is 4.70. The van der Waals surface area contributed by atoms with Crippen LogP contribution in [0.25, 0.3) is 0 Å². The van der Waals surface area contributed by atoms with Gasteiger partial charge in [0.05, 0.1) is 4.21 Å². The van der Waals surface area contributed by atoms with Crippen molar-refractivity contribution >= 4 is 50.6 Å². The average molecular weight is 341 g/mol. The molecule has 0 saturated heterocycles. The highest BCUT2D eigenvalue weighted by Gasteiger charge is 2.28. The van der Waals surface area contributed by atoms with Crippen LogP contribution >= 0.6 is 39.0 Å². The number of carbonyl (C=O) groups is 1. The maximum Gasteiger partial charge on any atom is 0.245 e. The predicted molar refractivity (Wildman–Crippen MR) is 78.1 cm³/mol. The van der Waals surface area contributed by atoms with Crippen LogP contribution in [0, 0.1) is 0 Å². The zero-order valence-corrected chi connectivity index (χ0v) is 12.4. The average Bonchev–Trinajstić information content (AvgIpc) is 2.92. The number of hydrogen-bond donors (Lipinski definition) is 2. The molecule has 18 heavy (non-hydrogen) atoms. The van der Waals surface area contributed by atoms with Crippen LogP contribution in [0.5, 0.6) is 0 Å². The Morgan fingerprint density at radius 1 is 1.44 bits per heavy atom. The Labute approximate surface area is 121 Å². The summed E-state index contributed by atoms with van der Waals surface area (Å²) in [6, 6.07) is 7.42. The van der Waals surface area contributed by atoms with Crippen molar-refractivity contribution in [3.8, 4) is 0 Å². The lowest BCUT2D eigenvalue weighted by Gasteiger charge is -2.07. The van der Waals surface area contributed by atoms with Crippen LogP contribution in [0.15, 0.2) is 43.2 Å². The number of halogens is 1. The van der Waals surface area contributed by atoms with Gasteiger partial charge in [-0.05, 0) is 39.5 Å². The predicted octanol–water partition coefficient (Wildman–Crippen LogP) is 3.61. The molecule has 1 aromatic heterocycles. The molecule has 1 unspecified atom stereocenters. The molecule has 0 aliphatic carbocycles. The first-order valence-corrected chi connectivity index (χ1v) is 7.75. The topological polar surface area (TPSA) is 55.1 Å². The molecule has 3 N–H and O–H groups in total. The normalized spacial score (nSPS) is 17.7. The first-order chi connectivity index (χ1) is 8.65. The highest BCUT2D eigenvalue weighted by atomic mass is 79.9. The third kappa shape index (κ3) is 2.09. The first-order valence-electron chi connectivity index (χ1n) is 5.26. The number of fused-ring (bicyclic) bond motifs is 1. The van der Waals surface area contributed by atoms with Gasteiger partial charge in [-0.1, -0.05) is 17.8 Å². The van der Waals surface area contributed by atoms with Crippen LogP contribution in [-0.2, 0) is 4.79 Å². The summed E-state index contributed by atoms with van der Waals surface area (Å²) in [6.45, 7) is 0. The van der Waals surface area contributed by atoms with Crippen molar-refractivity contribution in [1.29, 1.82) is 0 Å². The van der Waals surface area contributed by atoms with Crippen molar-refractivity contribution < 1.29 is 4.79 Å². The number of nitrogens with one attached hydrogen (secondary N) is 1. The summed E-state index contributed by atoms with van der Waals surface area (Å²) < 4.78 is 2.18. The molecule has 1 aromatic carbocycles. The van der Waals surface area contributed by atoms with Gasteiger partial charge in [0.25, 0.3) is 0 Å². The van der Waals surface area contributed by atoms with Gasteiger partial charge >= 0.3 is 0 Å². The van der Waals surface area contributed by atoms with Gasteiger partial charge in [0.1, 0.15) is 6.04 Å². The summed E-state index contributed by atoms with van der Waals surface area (Å²) in [6.07, 6.45) is 0. The lowest BCUT2D eigenvalue weighted by Crippen LogP contribution is -2.19. The molecule has 3 rings (SSSR count). The lowest BCUT2D eigenvalue weighted by atomic mass is 10.1. The molecule has 0 radical (unpaired) electrons. The second-order valence-electron chi connectivity index (χ2n) is 3.87. The van der Waals surface area contributed by atoms with Crippen LogP contribution in [0.3, 0.4) is 0 Å². The standard InChI is InChI=1S/C12H9BrN2OS2/c13-7-4-6-8(15-12(16)11(6)14)5-9(7)18-10-2-1-3-17-10/h1-5,11H,14H2,(H,15,16). The molecule has 2 heterocycles. The third-order valence-corrected chi connectivity index (χ3v) is 5.70. The highest BCUT2D eigenvalue weighted by molar-refractivity contribution is 9.10. The molecule has 0 spiro atoms. The molecule has 0 fully saturated rings. The number of rotatable bonds is 2. The minimum atomic E-state index is -0.558. The number of thiophene rings is 1. The largest absolute Gasteiger partial charge is 0.324 e. The molecule has 1 atom stereocenters. The number of amides is 1. The quantitative estimate of drug-likeness (QED) is 0.877. The van der Waals surface area contributed by atoms with Crippen molar-refractivity contribution in [1.82, 2.24) is 0 Å². The van der Waals surface area contributed by atoms with Gasteiger partial charge < -0.3 is 11.1 Å². The number of anilines is 1. The van der Waals surface area contributed by atoms with E-state index in [0.717, 1.165) is 20.6 Å². The summed E-state index contributed by atoms with van der Waals surface area (Å²) in [5.41, 5.74) is 7.47. The van der Waals surface area contributed by atoms with Crippen LogP contribution < -0.4 is 11.1 Å². The molecular formula is C12H9BrN2OS2. The molecule has 0 bridgehead atoms. The number of carbonyl (C=O) groups excluding carboxylic acids is 1. The number of nitrogens with two attached hydrogens (primary N) is 1. The van der Waals surface area contributed by atoms with Crippen LogP contribution in [0.4, 0.5) is 5.69 Å². The molecule has 6 heteroatoms. The van der Waals surface area contributed by atoms with E-state index in [1.165, 1.54) is 4.21 Å². The fraction of sp³-hybridized carbons (Fsp3) is 0.0833. The van der Waals surface area contributed by atoms with Crippen LogP contribution in [0.2, 0.25) is 0 Å². The maximum absolute atomic E-state index is 11.5. The van der Waals surface area contributed by atoms with Gasteiger partial charge in [-0.25, -0.2) is 0 Å². The fourth-order valence-corrected chi connectivity index (χ4v) is 4.17. The van der Waals surface area contributed by atoms with Crippen molar-refractivity contribution in [2.45, 2.75) is 15.1 Å². The zero-order valence-electron chi connectivity index (χ0n) is 9.14. The van der Waals surface area contributed by atoms with Gasteiger partial charge in [-0.2, -0.15) is 0 Å². The van der Waals surface area contributed by atoms with E-state index >= 15 is 0 Å². The van der Waals surface area contributed by atoms with Gasteiger partial charge in [-0.3, -0.25) is 4.79 Å². The molecule has 1 aliphatic rings. The summed E-state index contributed by atoms with van der Waals surface area (Å²) >= 11 is 6.89.